The molecule has 42 heavy (non-hydrogen) atoms. The summed E-state index contributed by atoms with van der Waals surface area (Å²) in [5.41, 5.74) is 8.17. The van der Waals surface area contributed by atoms with Crippen molar-refractivity contribution in [3.8, 4) is 22.8 Å². The van der Waals surface area contributed by atoms with Gasteiger partial charge in [-0.2, -0.15) is 0 Å². The molecule has 0 spiro atoms. The van der Waals surface area contributed by atoms with E-state index in [1.165, 1.54) is 22.3 Å². The summed E-state index contributed by atoms with van der Waals surface area (Å²) in [4.78, 5) is 18.3. The van der Waals surface area contributed by atoms with Crippen LogP contribution in [0.1, 0.15) is 54.9 Å². The molecular weight excluding hydrogens is 526 g/mol. The molecule has 1 aromatic heterocycles. The fourth-order valence-corrected chi connectivity index (χ4v) is 5.58. The van der Waals surface area contributed by atoms with Gasteiger partial charge < -0.3 is 30.2 Å². The highest BCUT2D eigenvalue weighted by Crippen LogP contribution is 2.34. The molecule has 7 heteroatoms. The van der Waals surface area contributed by atoms with E-state index in [-0.39, 0.29) is 6.61 Å². The summed E-state index contributed by atoms with van der Waals surface area (Å²) >= 11 is 0. The molecule has 0 aliphatic rings. The van der Waals surface area contributed by atoms with Gasteiger partial charge in [0.05, 0.1) is 0 Å². The predicted octanol–water partition coefficient (Wildman–Crippen LogP) is 6.91. The van der Waals surface area contributed by atoms with E-state index in [2.05, 4.69) is 47.2 Å². The summed E-state index contributed by atoms with van der Waals surface area (Å²) < 4.78 is 5.56. The van der Waals surface area contributed by atoms with Gasteiger partial charge in [-0.25, -0.2) is 4.79 Å². The minimum Gasteiger partial charge on any atom is -0.508 e. The molecule has 4 N–H and O–H groups in total. The molecule has 1 amide bonds. The number of aromatic hydroxyl groups is 1. The summed E-state index contributed by atoms with van der Waals surface area (Å²) in [6.07, 6.45) is 5.27. The molecule has 4 rings (SSSR count). The number of aliphatic hydroxyl groups excluding tert-OH is 1. The minimum atomic E-state index is -0.453. The van der Waals surface area contributed by atoms with Crippen LogP contribution < -0.4 is 10.1 Å². The van der Waals surface area contributed by atoms with Gasteiger partial charge in [0.1, 0.15) is 11.5 Å². The lowest BCUT2D eigenvalue weighted by Gasteiger charge is -2.22. The van der Waals surface area contributed by atoms with Gasteiger partial charge in [0.25, 0.3) is 0 Å². The molecular formula is C35H45N3O4. The minimum absolute atomic E-state index is 0.211. The number of aromatic amines is 1. The van der Waals surface area contributed by atoms with Crippen LogP contribution in [0, 0.1) is 13.8 Å². The number of hydrogen-bond acceptors (Lipinski definition) is 5. The third kappa shape index (κ3) is 8.84. The first-order valence-corrected chi connectivity index (χ1v) is 15.2. The second-order valence-electron chi connectivity index (χ2n) is 11.1. The Morgan fingerprint density at radius 1 is 0.881 bits per heavy atom. The number of fused-ring (bicyclic) bond motifs is 1. The van der Waals surface area contributed by atoms with E-state index in [4.69, 9.17) is 4.74 Å². The van der Waals surface area contributed by atoms with Crippen LogP contribution in [0.5, 0.6) is 11.5 Å². The Kier molecular flexibility index (Phi) is 11.4. The van der Waals surface area contributed by atoms with Crippen molar-refractivity contribution >= 4 is 17.0 Å². The van der Waals surface area contributed by atoms with Crippen molar-refractivity contribution in [2.75, 3.05) is 32.8 Å². The SMILES string of the molecule is CCNC(=O)Oc1ccc2[nH]c(-c3cc(C)cc(C)c3)c(CCN(CCCCO)CCCCc3ccc(O)cc3)c2c1. The molecule has 3 aromatic carbocycles. The number of benzene rings is 3. The maximum absolute atomic E-state index is 12.1. The molecule has 0 bridgehead atoms. The summed E-state index contributed by atoms with van der Waals surface area (Å²) in [6, 6.07) is 19.9. The van der Waals surface area contributed by atoms with Gasteiger partial charge >= 0.3 is 6.09 Å². The number of nitrogens with one attached hydrogen (secondary N) is 2. The maximum atomic E-state index is 12.1. The summed E-state index contributed by atoms with van der Waals surface area (Å²) in [5, 5.41) is 22.7. The first-order chi connectivity index (χ1) is 20.4. The number of carbonyl (C=O) groups excluding carboxylic acids is 1. The summed E-state index contributed by atoms with van der Waals surface area (Å²) in [5.74, 6) is 0.823. The lowest BCUT2D eigenvalue weighted by Crippen LogP contribution is -2.28. The van der Waals surface area contributed by atoms with Crippen molar-refractivity contribution in [3.63, 3.8) is 0 Å². The van der Waals surface area contributed by atoms with Crippen LogP contribution in [-0.4, -0.2) is 59.0 Å². The smallest absolute Gasteiger partial charge is 0.412 e. The van der Waals surface area contributed by atoms with Gasteiger partial charge in [-0.05, 0) is 132 Å². The van der Waals surface area contributed by atoms with Gasteiger partial charge in [0.15, 0.2) is 0 Å². The zero-order valence-corrected chi connectivity index (χ0v) is 25.2. The number of aryl methyl sites for hydroxylation is 3. The second-order valence-corrected chi connectivity index (χ2v) is 11.1. The molecule has 0 unspecified atom stereocenters. The van der Waals surface area contributed by atoms with Crippen LogP contribution in [-0.2, 0) is 12.8 Å². The number of hydrogen-bond donors (Lipinski definition) is 4. The zero-order valence-electron chi connectivity index (χ0n) is 25.2. The number of phenolic OH excluding ortho intramolecular Hbond substituents is 1. The van der Waals surface area contributed by atoms with E-state index in [0.717, 1.165) is 80.3 Å². The molecule has 7 nitrogen and oxygen atoms in total. The highest BCUT2D eigenvalue weighted by Gasteiger charge is 2.17. The largest absolute Gasteiger partial charge is 0.508 e. The number of carbonyl (C=O) groups is 1. The third-order valence-electron chi connectivity index (χ3n) is 7.61. The fourth-order valence-electron chi connectivity index (χ4n) is 5.58. The Hall–Kier alpha value is -3.81. The second kappa shape index (κ2) is 15.4. The van der Waals surface area contributed by atoms with E-state index < -0.39 is 6.09 Å². The number of aliphatic hydroxyl groups is 1. The normalized spacial score (nSPS) is 11.4. The lowest BCUT2D eigenvalue weighted by molar-refractivity contribution is 0.201. The molecule has 4 aromatic rings. The number of H-pyrrole nitrogens is 1. The number of amides is 1. The average Bonchev–Trinajstić information content (AvgIpc) is 3.32. The van der Waals surface area contributed by atoms with Crippen LogP contribution in [0.3, 0.4) is 0 Å². The van der Waals surface area contributed by atoms with Gasteiger partial charge in [0.2, 0.25) is 0 Å². The van der Waals surface area contributed by atoms with Crippen molar-refractivity contribution in [2.45, 2.75) is 59.3 Å². The van der Waals surface area contributed by atoms with Crippen LogP contribution in [0.25, 0.3) is 22.2 Å². The van der Waals surface area contributed by atoms with E-state index in [1.807, 2.05) is 37.3 Å². The number of rotatable bonds is 15. The maximum Gasteiger partial charge on any atom is 0.412 e. The zero-order chi connectivity index (χ0) is 29.9. The van der Waals surface area contributed by atoms with E-state index in [9.17, 15) is 15.0 Å². The third-order valence-corrected chi connectivity index (χ3v) is 7.61. The average molecular weight is 572 g/mol. The van der Waals surface area contributed by atoms with Gasteiger partial charge in [-0.3, -0.25) is 0 Å². The number of unbranched alkanes of at least 4 members (excludes halogenated alkanes) is 2. The van der Waals surface area contributed by atoms with Gasteiger partial charge in [-0.1, -0.05) is 29.3 Å². The molecule has 0 fully saturated rings. The molecule has 0 aliphatic heterocycles. The Labute approximate surface area is 249 Å². The molecule has 0 atom stereocenters. The lowest BCUT2D eigenvalue weighted by atomic mass is 9.99. The molecule has 0 radical (unpaired) electrons. The first-order valence-electron chi connectivity index (χ1n) is 15.2. The molecule has 0 saturated carbocycles. The van der Waals surface area contributed by atoms with Crippen molar-refractivity contribution in [3.05, 3.63) is 82.9 Å². The Balaban J connectivity index is 1.55. The Bertz CT molecular complexity index is 1420. The van der Waals surface area contributed by atoms with Crippen LogP contribution in [0.15, 0.2) is 60.7 Å². The standard InChI is InChI=1S/C35H45N3O4/c1-4-36-35(41)42-30-14-15-33-32(24-30)31(34(37-33)28-22-25(2)21-26(3)23-28)16-19-38(18-7-8-20-39)17-6-5-9-27-10-12-29(40)13-11-27/h10-15,21-24,37,39-40H,4-9,16-20H2,1-3H3,(H,36,41). The molecule has 224 valence electrons. The number of nitrogens with zero attached hydrogens (tertiary/aromatic N) is 1. The molecule has 0 aliphatic carbocycles. The molecule has 1 heterocycles. The summed E-state index contributed by atoms with van der Waals surface area (Å²) in [6.45, 7) is 9.64. The van der Waals surface area contributed by atoms with Crippen LogP contribution in [0.2, 0.25) is 0 Å². The highest BCUT2D eigenvalue weighted by atomic mass is 16.6. The highest BCUT2D eigenvalue weighted by molar-refractivity contribution is 5.92. The first kappa shape index (κ1) is 31.1. The van der Waals surface area contributed by atoms with E-state index >= 15 is 0 Å². The predicted molar refractivity (Wildman–Crippen MR) is 170 cm³/mol. The number of phenols is 1. The molecule has 0 saturated heterocycles. The van der Waals surface area contributed by atoms with Crippen LogP contribution in [0.4, 0.5) is 4.79 Å². The van der Waals surface area contributed by atoms with Crippen molar-refractivity contribution in [1.29, 1.82) is 0 Å². The Morgan fingerprint density at radius 2 is 1.60 bits per heavy atom. The topological polar surface area (TPSA) is 97.8 Å². The quantitative estimate of drug-likeness (QED) is 0.116. The fraction of sp³-hybridized carbons (Fsp3) is 0.400. The van der Waals surface area contributed by atoms with Gasteiger partial charge in [0, 0.05) is 36.3 Å². The number of ether oxygens (including phenoxy) is 1. The Morgan fingerprint density at radius 3 is 2.29 bits per heavy atom. The van der Waals surface area contributed by atoms with Crippen molar-refractivity contribution < 1.29 is 19.7 Å². The van der Waals surface area contributed by atoms with Crippen LogP contribution >= 0.6 is 0 Å². The number of aromatic nitrogens is 1. The van der Waals surface area contributed by atoms with Crippen molar-refractivity contribution in [1.82, 2.24) is 15.2 Å². The summed E-state index contributed by atoms with van der Waals surface area (Å²) in [7, 11) is 0. The van der Waals surface area contributed by atoms with Crippen molar-refractivity contribution in [2.24, 2.45) is 0 Å². The van der Waals surface area contributed by atoms with E-state index in [1.54, 1.807) is 12.1 Å². The van der Waals surface area contributed by atoms with E-state index in [0.29, 0.717) is 18.0 Å². The van der Waals surface area contributed by atoms with Gasteiger partial charge in [-0.15, -0.1) is 0 Å². The monoisotopic (exact) mass is 571 g/mol.